The van der Waals surface area contributed by atoms with Gasteiger partial charge in [-0.3, -0.25) is 0 Å². The predicted molar refractivity (Wildman–Crippen MR) is 306 cm³/mol. The van der Waals surface area contributed by atoms with Gasteiger partial charge in [0.25, 0.3) is 0 Å². The first-order valence-corrected chi connectivity index (χ1v) is 31.5. The second-order valence-electron chi connectivity index (χ2n) is 19.6. The minimum Gasteiger partial charge on any atom is -0.0750 e. The van der Waals surface area contributed by atoms with Crippen molar-refractivity contribution in [3.63, 3.8) is 0 Å². The van der Waals surface area contributed by atoms with E-state index in [9.17, 15) is 0 Å². The number of benzene rings is 4. The van der Waals surface area contributed by atoms with Crippen molar-refractivity contribution in [2.24, 2.45) is 0 Å². The molecule has 0 bridgehead atoms. The van der Waals surface area contributed by atoms with Crippen molar-refractivity contribution in [2.75, 3.05) is 12.3 Å². The third-order valence-electron chi connectivity index (χ3n) is 13.9. The maximum Gasteiger partial charge on any atom is -0.0116 e. The average Bonchev–Trinajstić information content (AvgIpc) is 3.35. The van der Waals surface area contributed by atoms with E-state index in [1.54, 1.807) is 33.1 Å². The molecule has 0 saturated heterocycles. The summed E-state index contributed by atoms with van der Waals surface area (Å²) in [6, 6.07) is 32.6. The van der Waals surface area contributed by atoms with Gasteiger partial charge in [0, 0.05) is 0 Å². The molecule has 368 valence electrons. The number of hydrogen-bond acceptors (Lipinski definition) is 0. The second-order valence-corrected chi connectivity index (χ2v) is 24.2. The van der Waals surface area contributed by atoms with Gasteiger partial charge in [-0.25, -0.2) is 0 Å². The third kappa shape index (κ3) is 21.2. The molecule has 4 aromatic carbocycles. The molecule has 0 amide bonds. The van der Waals surface area contributed by atoms with Gasteiger partial charge in [-0.15, -0.1) is 0 Å². The van der Waals surface area contributed by atoms with Gasteiger partial charge in [-0.1, -0.05) is 251 Å². The predicted octanol–water partition coefficient (Wildman–Crippen LogP) is 19.0. The molecule has 0 unspecified atom stereocenters. The molecule has 0 saturated carbocycles. The Morgan fingerprint density at radius 2 is 0.591 bits per heavy atom. The highest BCUT2D eigenvalue weighted by molar-refractivity contribution is 7.79. The fourth-order valence-corrected chi connectivity index (χ4v) is 15.2. The van der Waals surface area contributed by atoms with Crippen LogP contribution in [0.4, 0.5) is 0 Å². The maximum absolute atomic E-state index is 2.64. The van der Waals surface area contributed by atoms with Crippen molar-refractivity contribution >= 4 is 37.1 Å². The lowest BCUT2D eigenvalue weighted by Crippen LogP contribution is -2.25. The van der Waals surface area contributed by atoms with E-state index in [-0.39, 0.29) is 7.92 Å². The van der Waals surface area contributed by atoms with Crippen molar-refractivity contribution in [1.29, 1.82) is 0 Å². The first kappa shape index (κ1) is 58.1. The van der Waals surface area contributed by atoms with Gasteiger partial charge in [0.15, 0.2) is 0 Å². The lowest BCUT2D eigenvalue weighted by atomic mass is 9.91. The minimum atomic E-state index is -0.540. The fraction of sp³-hybridized carbons (Fsp3) is 0.625. The third-order valence-corrected chi connectivity index (χ3v) is 19.2. The molecule has 0 aliphatic rings. The largest absolute Gasteiger partial charge is 0.0750 e. The van der Waals surface area contributed by atoms with Crippen LogP contribution in [-0.4, -0.2) is 12.3 Å². The Labute approximate surface area is 413 Å². The van der Waals surface area contributed by atoms with Gasteiger partial charge < -0.3 is 0 Å². The Balaban J connectivity index is 0.000000352. The van der Waals surface area contributed by atoms with E-state index >= 15 is 0 Å². The van der Waals surface area contributed by atoms with Gasteiger partial charge in [-0.05, 0) is 165 Å². The first-order chi connectivity index (χ1) is 32.5. The second kappa shape index (κ2) is 37.6. The summed E-state index contributed by atoms with van der Waals surface area (Å²) >= 11 is 0. The van der Waals surface area contributed by atoms with E-state index < -0.39 is 7.92 Å². The monoisotopic (exact) mass is 933 g/mol. The Morgan fingerprint density at radius 3 is 0.985 bits per heavy atom. The molecule has 0 fully saturated rings. The smallest absolute Gasteiger partial charge is 0.0116 e. The molecule has 0 heterocycles. The summed E-state index contributed by atoms with van der Waals surface area (Å²) in [5, 5.41) is 6.35. The highest BCUT2D eigenvalue weighted by atomic mass is 31.1. The average molecular weight is 933 g/mol. The van der Waals surface area contributed by atoms with Crippen LogP contribution in [0, 0.1) is 0 Å². The Morgan fingerprint density at radius 1 is 0.273 bits per heavy atom. The number of hydrogen-bond donors (Lipinski definition) is 0. The summed E-state index contributed by atoms with van der Waals surface area (Å²) in [6.45, 7) is 18.7. The topological polar surface area (TPSA) is 0 Å². The van der Waals surface area contributed by atoms with Crippen LogP contribution >= 0.6 is 15.8 Å². The summed E-state index contributed by atoms with van der Waals surface area (Å²) < 4.78 is 0. The quantitative estimate of drug-likeness (QED) is 0.0315. The van der Waals surface area contributed by atoms with Crippen LogP contribution in [0.5, 0.6) is 0 Å². The zero-order chi connectivity index (χ0) is 47.5. The first-order valence-electron chi connectivity index (χ1n) is 28.4. The molecule has 0 nitrogen and oxygen atoms in total. The fourth-order valence-electron chi connectivity index (χ4n) is 9.86. The van der Waals surface area contributed by atoms with Gasteiger partial charge in [0.1, 0.15) is 0 Å². The lowest BCUT2D eigenvalue weighted by molar-refractivity contribution is 0.622. The van der Waals surface area contributed by atoms with Crippen LogP contribution in [0.1, 0.15) is 243 Å². The lowest BCUT2D eigenvalue weighted by Gasteiger charge is -2.26. The number of unbranched alkanes of at least 4 members (excludes halogenated alkanes) is 16. The van der Waals surface area contributed by atoms with E-state index in [2.05, 4.69) is 140 Å². The van der Waals surface area contributed by atoms with E-state index in [1.807, 2.05) is 10.9 Å². The molecule has 0 radical (unpaired) electrons. The summed E-state index contributed by atoms with van der Waals surface area (Å²) in [5.74, 6) is 0. The molecular weight excluding hydrogens is 831 g/mol. The van der Waals surface area contributed by atoms with Crippen molar-refractivity contribution in [3.05, 3.63) is 118 Å². The Bertz CT molecular complexity index is 1700. The van der Waals surface area contributed by atoms with Gasteiger partial charge in [0.05, 0.1) is 0 Å². The molecule has 0 spiro atoms. The molecule has 0 aliphatic heterocycles. The molecule has 0 aliphatic carbocycles. The van der Waals surface area contributed by atoms with Crippen LogP contribution in [0.25, 0.3) is 0 Å². The van der Waals surface area contributed by atoms with Gasteiger partial charge in [-0.2, -0.15) is 0 Å². The molecule has 4 rings (SSSR count). The molecule has 0 aromatic heterocycles. The number of rotatable bonds is 36. The van der Waals surface area contributed by atoms with Crippen LogP contribution < -0.4 is 21.2 Å². The van der Waals surface area contributed by atoms with Crippen LogP contribution in [0.15, 0.2) is 84.9 Å². The van der Waals surface area contributed by atoms with E-state index in [1.165, 1.54) is 216 Å². The van der Waals surface area contributed by atoms with Crippen molar-refractivity contribution < 1.29 is 0 Å². The van der Waals surface area contributed by atoms with Crippen LogP contribution in [0.3, 0.4) is 0 Å². The van der Waals surface area contributed by atoms with Crippen molar-refractivity contribution in [2.45, 2.75) is 248 Å². The normalized spacial score (nSPS) is 11.4. The molecule has 0 N–H and O–H groups in total. The van der Waals surface area contributed by atoms with E-state index in [0.29, 0.717) is 0 Å². The summed E-state index contributed by atoms with van der Waals surface area (Å²) in [7, 11) is -0.538. The van der Waals surface area contributed by atoms with Crippen LogP contribution in [-0.2, 0) is 38.5 Å². The Hall–Kier alpha value is -2.26. The molecular formula is C64H102P2. The highest BCUT2D eigenvalue weighted by Crippen LogP contribution is 2.41. The summed E-state index contributed by atoms with van der Waals surface area (Å²) in [4.78, 5) is 0. The highest BCUT2D eigenvalue weighted by Gasteiger charge is 2.23. The summed E-state index contributed by atoms with van der Waals surface area (Å²) in [6.07, 6.45) is 43.4. The van der Waals surface area contributed by atoms with Crippen LogP contribution in [0.2, 0.25) is 0 Å². The molecule has 4 aromatic rings. The van der Waals surface area contributed by atoms with Crippen molar-refractivity contribution in [3.8, 4) is 0 Å². The van der Waals surface area contributed by atoms with E-state index in [4.69, 9.17) is 0 Å². The maximum atomic E-state index is 2.64. The zero-order valence-electron chi connectivity index (χ0n) is 44.6. The van der Waals surface area contributed by atoms with Crippen molar-refractivity contribution in [1.82, 2.24) is 0 Å². The number of aryl methyl sites for hydroxylation is 2. The molecule has 0 atom stereocenters. The molecule has 2 heteroatoms. The summed E-state index contributed by atoms with van der Waals surface area (Å²) in [5.41, 5.74) is 10.3. The van der Waals surface area contributed by atoms with Gasteiger partial charge in [0.2, 0.25) is 0 Å². The molecule has 66 heavy (non-hydrogen) atoms. The van der Waals surface area contributed by atoms with Gasteiger partial charge >= 0.3 is 0 Å². The Kier molecular flexibility index (Phi) is 33.1. The SMILES string of the molecule is CCCCCCCCP(CCCCCCCC)c1ccc(CCCC)c(CCCC)c1CCCC.CCCCc1ccc(P(c2ccccc2)c2ccccc2)c(CCCC)c1CCCC. The van der Waals surface area contributed by atoms with E-state index in [0.717, 1.165) is 0 Å². The zero-order valence-corrected chi connectivity index (χ0v) is 46.4. The standard InChI is InChI=1S/C34H63P.C30H39P/c1-6-11-16-18-20-22-29-35(30-23-21-19-17-12-7-2)34-28-27-31(24-13-8-3)32(25-14-9-4)33(34)26-15-10-5;1-4-7-16-25-23-24-30(29(22-9-6-3)28(25)21-8-5-2)31(26-17-12-10-13-18-26)27-19-14-11-15-20-27/h27-28H,6-26,29-30H2,1-5H3;10-15,17-20,23-24H,4-9,16,21-22H2,1-3H3. The minimum absolute atomic E-state index is 0.00142.